The number of quaternary nitrogens is 1. The average Bonchev–Trinajstić information content (AvgIpc) is 2.61. The molecule has 2 N–H and O–H groups in total. The van der Waals surface area contributed by atoms with Gasteiger partial charge in [0.15, 0.2) is 5.03 Å². The van der Waals surface area contributed by atoms with Crippen LogP contribution in [0, 0.1) is 17.2 Å². The third kappa shape index (κ3) is 4.30. The van der Waals surface area contributed by atoms with Crippen LogP contribution in [-0.2, 0) is 12.8 Å². The van der Waals surface area contributed by atoms with Gasteiger partial charge in [0, 0.05) is 5.56 Å². The number of nitrogens with zero attached hydrogens (tertiary/aromatic N) is 2. The van der Waals surface area contributed by atoms with Crippen LogP contribution in [0.3, 0.4) is 0 Å². The largest absolute Gasteiger partial charge is 0.339 e. The van der Waals surface area contributed by atoms with Gasteiger partial charge in [0.1, 0.15) is 11.6 Å². The SMILES string of the molecule is CC1CCN(c2[nH+]c(SCC[NH+](C)C)c(C#N)c3c2CCCC3)CC1. The van der Waals surface area contributed by atoms with Gasteiger partial charge in [-0.3, -0.25) is 4.90 Å². The van der Waals surface area contributed by atoms with E-state index in [1.807, 2.05) is 11.8 Å². The van der Waals surface area contributed by atoms with E-state index in [0.29, 0.717) is 0 Å². The van der Waals surface area contributed by atoms with Gasteiger partial charge in [-0.25, -0.2) is 4.98 Å². The number of fused-ring (bicyclic) bond motifs is 1. The summed E-state index contributed by atoms with van der Waals surface area (Å²) in [5.74, 6) is 3.20. The molecule has 2 heterocycles. The maximum absolute atomic E-state index is 9.82. The van der Waals surface area contributed by atoms with Gasteiger partial charge < -0.3 is 4.90 Å². The minimum atomic E-state index is 0.836. The number of H-pyrrole nitrogens is 1. The zero-order valence-electron chi connectivity index (χ0n) is 16.0. The molecule has 2 aliphatic rings. The van der Waals surface area contributed by atoms with E-state index in [1.54, 1.807) is 0 Å². The standard InChI is InChI=1S/C20H30N4S/c1-15-8-10-24(11-9-15)19-17-7-5-4-6-16(17)18(14-21)20(22-19)25-13-12-23(2)3/h15H,4-13H2,1-3H3/p+2. The highest BCUT2D eigenvalue weighted by Gasteiger charge is 2.31. The van der Waals surface area contributed by atoms with Crippen LogP contribution >= 0.6 is 11.8 Å². The molecule has 0 saturated carbocycles. The molecular weight excluding hydrogens is 328 g/mol. The Bertz CT molecular complexity index is 642. The minimum absolute atomic E-state index is 0.836. The fraction of sp³-hybridized carbons (Fsp3) is 0.700. The number of nitriles is 1. The van der Waals surface area contributed by atoms with E-state index in [2.05, 4.69) is 37.0 Å². The fourth-order valence-corrected chi connectivity index (χ4v) is 5.11. The highest BCUT2D eigenvalue weighted by atomic mass is 32.2. The first kappa shape index (κ1) is 18.5. The van der Waals surface area contributed by atoms with Gasteiger partial charge in [-0.15, -0.1) is 0 Å². The maximum Gasteiger partial charge on any atom is 0.278 e. The average molecular weight is 361 g/mol. The molecule has 0 radical (unpaired) electrons. The summed E-state index contributed by atoms with van der Waals surface area (Å²) in [6.45, 7) is 5.75. The number of piperidine rings is 1. The Kier molecular flexibility index (Phi) is 6.24. The molecule has 3 rings (SSSR count). The summed E-state index contributed by atoms with van der Waals surface area (Å²) >= 11 is 1.83. The van der Waals surface area contributed by atoms with E-state index in [4.69, 9.17) is 0 Å². The van der Waals surface area contributed by atoms with Gasteiger partial charge in [0.05, 0.1) is 39.5 Å². The van der Waals surface area contributed by atoms with E-state index in [1.165, 1.54) is 47.5 Å². The zero-order valence-corrected chi connectivity index (χ0v) is 16.8. The van der Waals surface area contributed by atoms with Gasteiger partial charge >= 0.3 is 0 Å². The van der Waals surface area contributed by atoms with Crippen molar-refractivity contribution < 1.29 is 9.88 Å². The Morgan fingerprint density at radius 3 is 2.52 bits per heavy atom. The third-order valence-corrected chi connectivity index (χ3v) is 6.58. The Morgan fingerprint density at radius 1 is 1.20 bits per heavy atom. The predicted octanol–water partition coefficient (Wildman–Crippen LogP) is 1.72. The van der Waals surface area contributed by atoms with Crippen molar-refractivity contribution in [1.29, 1.82) is 5.26 Å². The molecule has 0 aromatic carbocycles. The molecule has 1 aliphatic carbocycles. The molecule has 0 amide bonds. The van der Waals surface area contributed by atoms with Crippen molar-refractivity contribution in [2.75, 3.05) is 44.4 Å². The van der Waals surface area contributed by atoms with Crippen LogP contribution in [0.2, 0.25) is 0 Å². The fourth-order valence-electron chi connectivity index (χ4n) is 3.91. The van der Waals surface area contributed by atoms with Crippen molar-refractivity contribution in [3.63, 3.8) is 0 Å². The summed E-state index contributed by atoms with van der Waals surface area (Å²) in [4.78, 5) is 7.71. The number of hydrogen-bond donors (Lipinski definition) is 1. The van der Waals surface area contributed by atoms with Crippen molar-refractivity contribution in [3.8, 4) is 6.07 Å². The quantitative estimate of drug-likeness (QED) is 0.814. The molecule has 136 valence electrons. The molecule has 1 aromatic heterocycles. The molecule has 0 bridgehead atoms. The number of thioether (sulfide) groups is 1. The van der Waals surface area contributed by atoms with Crippen LogP contribution in [0.15, 0.2) is 5.03 Å². The second kappa shape index (κ2) is 8.42. The molecule has 0 unspecified atom stereocenters. The van der Waals surface area contributed by atoms with Crippen LogP contribution in [-0.4, -0.2) is 39.5 Å². The minimum Gasteiger partial charge on any atom is -0.339 e. The Hall–Kier alpha value is -1.25. The summed E-state index contributed by atoms with van der Waals surface area (Å²) < 4.78 is 0. The number of anilines is 1. The first-order chi connectivity index (χ1) is 12.1. The van der Waals surface area contributed by atoms with E-state index in [-0.39, 0.29) is 0 Å². The smallest absolute Gasteiger partial charge is 0.278 e. The van der Waals surface area contributed by atoms with E-state index in [0.717, 1.165) is 54.7 Å². The van der Waals surface area contributed by atoms with Crippen molar-refractivity contribution in [2.45, 2.75) is 50.5 Å². The van der Waals surface area contributed by atoms with Gasteiger partial charge in [-0.1, -0.05) is 18.7 Å². The van der Waals surface area contributed by atoms with Crippen LogP contribution in [0.25, 0.3) is 0 Å². The molecular formula is C20H32N4S+2. The van der Waals surface area contributed by atoms with Crippen LogP contribution in [0.5, 0.6) is 0 Å². The molecule has 1 saturated heterocycles. The zero-order chi connectivity index (χ0) is 17.8. The predicted molar refractivity (Wildman–Crippen MR) is 103 cm³/mol. The summed E-state index contributed by atoms with van der Waals surface area (Å²) in [7, 11) is 4.37. The molecule has 0 spiro atoms. The second-order valence-corrected chi connectivity index (χ2v) is 9.03. The molecule has 1 aliphatic heterocycles. The second-order valence-electron chi connectivity index (χ2n) is 7.93. The van der Waals surface area contributed by atoms with Crippen molar-refractivity contribution in [2.24, 2.45) is 5.92 Å². The first-order valence-electron chi connectivity index (χ1n) is 9.78. The van der Waals surface area contributed by atoms with Gasteiger partial charge in [-0.05, 0) is 50.0 Å². The lowest BCUT2D eigenvalue weighted by molar-refractivity contribution is -0.855. The monoisotopic (exact) mass is 360 g/mol. The van der Waals surface area contributed by atoms with Crippen molar-refractivity contribution in [3.05, 3.63) is 16.7 Å². The maximum atomic E-state index is 9.82. The number of hydrogen-bond acceptors (Lipinski definition) is 3. The van der Waals surface area contributed by atoms with Crippen molar-refractivity contribution >= 4 is 17.6 Å². The molecule has 25 heavy (non-hydrogen) atoms. The highest BCUT2D eigenvalue weighted by molar-refractivity contribution is 7.99. The number of nitrogens with one attached hydrogen (secondary N) is 2. The number of pyridine rings is 1. The Labute approximate surface area is 156 Å². The summed E-state index contributed by atoms with van der Waals surface area (Å²) in [6, 6.07) is 2.52. The lowest BCUT2D eigenvalue weighted by Crippen LogP contribution is -3.06. The summed E-state index contributed by atoms with van der Waals surface area (Å²) in [5, 5.41) is 10.9. The number of aromatic nitrogens is 1. The van der Waals surface area contributed by atoms with E-state index < -0.39 is 0 Å². The summed E-state index contributed by atoms with van der Waals surface area (Å²) in [5.41, 5.74) is 3.68. The van der Waals surface area contributed by atoms with Crippen LogP contribution in [0.4, 0.5) is 5.82 Å². The molecule has 1 aromatic rings. The van der Waals surface area contributed by atoms with E-state index >= 15 is 0 Å². The highest BCUT2D eigenvalue weighted by Crippen LogP contribution is 2.34. The number of aromatic amines is 1. The summed E-state index contributed by atoms with van der Waals surface area (Å²) in [6.07, 6.45) is 7.20. The Morgan fingerprint density at radius 2 is 1.88 bits per heavy atom. The molecule has 4 nitrogen and oxygen atoms in total. The first-order valence-corrected chi connectivity index (χ1v) is 10.8. The molecule has 1 fully saturated rings. The van der Waals surface area contributed by atoms with Crippen LogP contribution in [0.1, 0.15) is 49.3 Å². The van der Waals surface area contributed by atoms with Gasteiger partial charge in [0.25, 0.3) is 5.82 Å². The van der Waals surface area contributed by atoms with Crippen molar-refractivity contribution in [1.82, 2.24) is 0 Å². The number of rotatable bonds is 5. The molecule has 0 atom stereocenters. The topological polar surface area (TPSA) is 45.6 Å². The molecule has 5 heteroatoms. The normalized spacial score (nSPS) is 18.3. The lowest BCUT2D eigenvalue weighted by Gasteiger charge is -2.29. The van der Waals surface area contributed by atoms with Crippen LogP contribution < -0.4 is 14.8 Å². The van der Waals surface area contributed by atoms with Gasteiger partial charge in [0.2, 0.25) is 0 Å². The third-order valence-electron chi connectivity index (χ3n) is 5.57. The van der Waals surface area contributed by atoms with Gasteiger partial charge in [-0.2, -0.15) is 5.26 Å². The lowest BCUT2D eigenvalue weighted by atomic mass is 9.88. The Balaban J connectivity index is 1.94. The van der Waals surface area contributed by atoms with E-state index in [9.17, 15) is 5.26 Å².